The molecule has 2 aromatic rings. The van der Waals surface area contributed by atoms with Crippen molar-refractivity contribution in [2.45, 2.75) is 99.3 Å². The Bertz CT molecular complexity index is 1640. The summed E-state index contributed by atoms with van der Waals surface area (Å²) in [6, 6.07) is 0. The second kappa shape index (κ2) is 12.9. The molecule has 4 heterocycles. The molecular formula is C33H40N4O6. The molecule has 10 nitrogen and oxygen atoms in total. The number of carboxylic acid groups (broad SMARTS) is 2. The van der Waals surface area contributed by atoms with Gasteiger partial charge in [0.2, 0.25) is 0 Å². The zero-order valence-electron chi connectivity index (χ0n) is 25.8. The van der Waals surface area contributed by atoms with Crippen molar-refractivity contribution in [1.82, 2.24) is 9.97 Å². The SMILES string of the molecule is CCc1c(CC2=NC(=O)C(CCC(=O)O)=C2C)[nH]c(Cc2[nH]c(CC3=NC(=O)C(CCC(=O)O)=C3C)c(C)c2CC)c1C. The number of aliphatic carboxylic acids is 2. The van der Waals surface area contributed by atoms with Gasteiger partial charge in [-0.1, -0.05) is 13.8 Å². The lowest BCUT2D eigenvalue weighted by Crippen LogP contribution is -2.06. The molecule has 4 N–H and O–H groups in total. The van der Waals surface area contributed by atoms with E-state index in [1.807, 2.05) is 13.8 Å². The highest BCUT2D eigenvalue weighted by Gasteiger charge is 2.28. The van der Waals surface area contributed by atoms with E-state index in [0.29, 0.717) is 41.8 Å². The predicted molar refractivity (Wildman–Crippen MR) is 164 cm³/mol. The van der Waals surface area contributed by atoms with Gasteiger partial charge in [0.05, 0.1) is 11.4 Å². The number of aromatic nitrogens is 2. The molecule has 43 heavy (non-hydrogen) atoms. The van der Waals surface area contributed by atoms with E-state index in [4.69, 9.17) is 10.2 Å². The Hall–Kier alpha value is -4.34. The van der Waals surface area contributed by atoms with Gasteiger partial charge < -0.3 is 20.2 Å². The van der Waals surface area contributed by atoms with Crippen LogP contribution in [0, 0.1) is 13.8 Å². The highest BCUT2D eigenvalue weighted by Crippen LogP contribution is 2.30. The van der Waals surface area contributed by atoms with Gasteiger partial charge in [-0.25, -0.2) is 9.98 Å². The Kier molecular flexibility index (Phi) is 9.47. The largest absolute Gasteiger partial charge is 0.481 e. The molecular weight excluding hydrogens is 548 g/mol. The van der Waals surface area contributed by atoms with Gasteiger partial charge in [0, 0.05) is 66.0 Å². The first-order chi connectivity index (χ1) is 20.4. The van der Waals surface area contributed by atoms with Crippen molar-refractivity contribution in [3.05, 3.63) is 67.3 Å². The van der Waals surface area contributed by atoms with Crippen LogP contribution in [0.5, 0.6) is 0 Å². The van der Waals surface area contributed by atoms with Crippen LogP contribution in [0.25, 0.3) is 0 Å². The van der Waals surface area contributed by atoms with Crippen molar-refractivity contribution < 1.29 is 29.4 Å². The van der Waals surface area contributed by atoms with Crippen LogP contribution in [0.4, 0.5) is 0 Å². The van der Waals surface area contributed by atoms with Crippen LogP contribution in [0.2, 0.25) is 0 Å². The molecule has 2 aliphatic heterocycles. The second-order valence-corrected chi connectivity index (χ2v) is 11.3. The van der Waals surface area contributed by atoms with E-state index in [0.717, 1.165) is 52.3 Å². The van der Waals surface area contributed by atoms with Gasteiger partial charge in [-0.15, -0.1) is 0 Å². The van der Waals surface area contributed by atoms with E-state index >= 15 is 0 Å². The number of allylic oxidation sites excluding steroid dienone is 2. The third-order valence-corrected chi connectivity index (χ3v) is 8.83. The summed E-state index contributed by atoms with van der Waals surface area (Å²) in [5.74, 6) is -2.57. The highest BCUT2D eigenvalue weighted by atomic mass is 16.4. The molecule has 0 saturated carbocycles. The van der Waals surface area contributed by atoms with Crippen LogP contribution in [0.3, 0.4) is 0 Å². The van der Waals surface area contributed by atoms with Gasteiger partial charge in [0.25, 0.3) is 11.8 Å². The molecule has 0 spiro atoms. The molecule has 0 fully saturated rings. The quantitative estimate of drug-likeness (QED) is 0.240. The van der Waals surface area contributed by atoms with Crippen molar-refractivity contribution in [3.63, 3.8) is 0 Å². The van der Waals surface area contributed by atoms with E-state index in [2.05, 4.69) is 47.6 Å². The van der Waals surface area contributed by atoms with Gasteiger partial charge in [0.1, 0.15) is 0 Å². The Morgan fingerprint density at radius 3 is 1.40 bits per heavy atom. The van der Waals surface area contributed by atoms with Crippen LogP contribution in [0.1, 0.15) is 98.4 Å². The van der Waals surface area contributed by atoms with Crippen LogP contribution in [-0.4, -0.2) is 55.4 Å². The van der Waals surface area contributed by atoms with Gasteiger partial charge in [-0.3, -0.25) is 19.2 Å². The van der Waals surface area contributed by atoms with Gasteiger partial charge >= 0.3 is 11.9 Å². The average Bonchev–Trinajstić information content (AvgIpc) is 3.58. The molecule has 2 amide bonds. The van der Waals surface area contributed by atoms with E-state index in [1.165, 1.54) is 16.7 Å². The summed E-state index contributed by atoms with van der Waals surface area (Å²) in [5.41, 5.74) is 12.7. The number of nitrogens with one attached hydrogen (secondary N) is 2. The first-order valence-electron chi connectivity index (χ1n) is 14.8. The number of carboxylic acids is 2. The fraction of sp³-hybridized carbons (Fsp3) is 0.455. The number of carbonyl (C=O) groups excluding carboxylic acids is 2. The van der Waals surface area contributed by atoms with Gasteiger partial charge in [0.15, 0.2) is 0 Å². The van der Waals surface area contributed by atoms with Gasteiger partial charge in [-0.2, -0.15) is 0 Å². The minimum absolute atomic E-state index is 0.101. The number of aliphatic imine (C=N–C) groups is 2. The summed E-state index contributed by atoms with van der Waals surface area (Å²) in [6.07, 6.45) is 3.38. The van der Waals surface area contributed by atoms with Crippen LogP contribution in [-0.2, 0) is 51.3 Å². The fourth-order valence-corrected chi connectivity index (χ4v) is 6.26. The Balaban J connectivity index is 1.58. The van der Waals surface area contributed by atoms with E-state index in [9.17, 15) is 19.2 Å². The monoisotopic (exact) mass is 588 g/mol. The van der Waals surface area contributed by atoms with Crippen LogP contribution >= 0.6 is 0 Å². The third-order valence-electron chi connectivity index (χ3n) is 8.83. The van der Waals surface area contributed by atoms with Crippen molar-refractivity contribution >= 4 is 35.2 Å². The van der Waals surface area contributed by atoms with E-state index in [-0.39, 0.29) is 37.5 Å². The third kappa shape index (κ3) is 6.53. The number of amides is 2. The molecule has 0 atom stereocenters. The second-order valence-electron chi connectivity index (χ2n) is 11.3. The molecule has 0 aliphatic carbocycles. The highest BCUT2D eigenvalue weighted by molar-refractivity contribution is 6.20. The van der Waals surface area contributed by atoms with E-state index in [1.54, 1.807) is 0 Å². The summed E-state index contributed by atoms with van der Waals surface area (Å²) in [7, 11) is 0. The summed E-state index contributed by atoms with van der Waals surface area (Å²) in [5, 5.41) is 18.1. The number of hydrogen-bond acceptors (Lipinski definition) is 4. The number of nitrogens with zero attached hydrogens (tertiary/aromatic N) is 2. The molecule has 0 bridgehead atoms. The lowest BCUT2D eigenvalue weighted by molar-refractivity contribution is -0.138. The Labute approximate surface area is 251 Å². The number of rotatable bonds is 14. The van der Waals surface area contributed by atoms with E-state index < -0.39 is 11.9 Å². The standard InChI is InChI=1S/C33H40N4O6/c1-7-20-16(3)24(13-26-18(5)22(32(42)36-26)9-11-30(38)39)34-28(20)14-25-17(4)21(8-2)29(35-25)15-27-19(6)23(33(43)37-27)10-12-31(40)41/h34-35H,7-15H2,1-6H3,(H,38,39)(H,40,41). The Morgan fingerprint density at radius 1 is 0.628 bits per heavy atom. The molecule has 2 aliphatic rings. The Morgan fingerprint density at radius 2 is 1.00 bits per heavy atom. The average molecular weight is 589 g/mol. The summed E-state index contributed by atoms with van der Waals surface area (Å²) in [4.78, 5) is 62.8. The molecule has 228 valence electrons. The number of aromatic amines is 2. The normalized spacial score (nSPS) is 15.2. The van der Waals surface area contributed by atoms with Crippen molar-refractivity contribution in [3.8, 4) is 0 Å². The maximum absolute atomic E-state index is 12.5. The van der Waals surface area contributed by atoms with Crippen molar-refractivity contribution in [2.24, 2.45) is 9.98 Å². The topological polar surface area (TPSA) is 165 Å². The summed E-state index contributed by atoms with van der Waals surface area (Å²) < 4.78 is 0. The first kappa shape index (κ1) is 31.6. The maximum Gasteiger partial charge on any atom is 0.303 e. The number of carbonyl (C=O) groups is 4. The summed E-state index contributed by atoms with van der Waals surface area (Å²) >= 11 is 0. The van der Waals surface area contributed by atoms with Crippen LogP contribution in [0.15, 0.2) is 32.3 Å². The molecule has 10 heteroatoms. The smallest absolute Gasteiger partial charge is 0.303 e. The lowest BCUT2D eigenvalue weighted by Gasteiger charge is -2.05. The van der Waals surface area contributed by atoms with Crippen LogP contribution < -0.4 is 0 Å². The molecule has 0 saturated heterocycles. The minimum Gasteiger partial charge on any atom is -0.481 e. The molecule has 2 aromatic heterocycles. The lowest BCUT2D eigenvalue weighted by atomic mass is 9.97. The molecule has 4 rings (SSSR count). The van der Waals surface area contributed by atoms with Crippen molar-refractivity contribution in [2.75, 3.05) is 0 Å². The molecule has 0 unspecified atom stereocenters. The van der Waals surface area contributed by atoms with Crippen molar-refractivity contribution in [1.29, 1.82) is 0 Å². The predicted octanol–water partition coefficient (Wildman–Crippen LogP) is 5.09. The number of hydrogen-bond donors (Lipinski definition) is 4. The maximum atomic E-state index is 12.5. The zero-order valence-corrected chi connectivity index (χ0v) is 25.8. The number of H-pyrrole nitrogens is 2. The molecule has 0 radical (unpaired) electrons. The van der Waals surface area contributed by atoms with Gasteiger partial charge in [-0.05, 0) is 86.8 Å². The minimum atomic E-state index is -0.940. The summed E-state index contributed by atoms with van der Waals surface area (Å²) in [6.45, 7) is 12.1. The first-order valence-corrected chi connectivity index (χ1v) is 14.8. The fourth-order valence-electron chi connectivity index (χ4n) is 6.26. The molecule has 0 aromatic carbocycles. The zero-order chi connectivity index (χ0) is 31.6.